The number of ether oxygens (including phenoxy) is 1. The van der Waals surface area contributed by atoms with Crippen LogP contribution in [-0.2, 0) is 9.53 Å². The number of carbonyl (C=O) groups is 1. The number of aliphatic hydroxyl groups is 1. The maximum atomic E-state index is 11.5. The number of rotatable bonds is 0. The Kier molecular flexibility index (Phi) is 1.81. The minimum Gasteiger partial charge on any atom is -0.391 e. The molecule has 2 heterocycles. The summed E-state index contributed by atoms with van der Waals surface area (Å²) < 4.78 is 5.18. The molecule has 0 aromatic carbocycles. The highest BCUT2D eigenvalue weighted by molar-refractivity contribution is 5.84. The second-order valence-corrected chi connectivity index (χ2v) is 3.65. The Morgan fingerprint density at radius 1 is 1.67 bits per heavy atom. The highest BCUT2D eigenvalue weighted by Crippen LogP contribution is 2.35. The summed E-state index contributed by atoms with van der Waals surface area (Å²) in [6.07, 6.45) is 0.902. The first kappa shape index (κ1) is 8.01. The standard InChI is InChI=1S/C8H13NO3/c10-6-3-8(1-2-12-5-8)7(11)9-4-6/h6,10H,1-5H2,(H,9,11)/t6-,8-/m0/s1. The van der Waals surface area contributed by atoms with E-state index in [4.69, 9.17) is 4.74 Å². The quantitative estimate of drug-likeness (QED) is 0.505. The number of piperidine rings is 1. The average molecular weight is 171 g/mol. The molecule has 0 radical (unpaired) electrons. The molecule has 1 amide bonds. The van der Waals surface area contributed by atoms with Crippen LogP contribution in [0.15, 0.2) is 0 Å². The number of nitrogens with one attached hydrogen (secondary N) is 1. The summed E-state index contributed by atoms with van der Waals surface area (Å²) in [7, 11) is 0. The Morgan fingerprint density at radius 2 is 2.50 bits per heavy atom. The molecule has 0 aromatic heterocycles. The summed E-state index contributed by atoms with van der Waals surface area (Å²) in [6, 6.07) is 0. The zero-order valence-electron chi connectivity index (χ0n) is 6.88. The summed E-state index contributed by atoms with van der Waals surface area (Å²) in [4.78, 5) is 11.5. The molecular weight excluding hydrogens is 158 g/mol. The molecule has 0 saturated carbocycles. The van der Waals surface area contributed by atoms with E-state index in [0.717, 1.165) is 6.42 Å². The average Bonchev–Trinajstić information content (AvgIpc) is 2.48. The fourth-order valence-corrected chi connectivity index (χ4v) is 1.96. The first-order valence-electron chi connectivity index (χ1n) is 4.27. The maximum absolute atomic E-state index is 11.5. The van der Waals surface area contributed by atoms with E-state index >= 15 is 0 Å². The Labute approximate surface area is 70.9 Å². The molecule has 2 fully saturated rings. The Hall–Kier alpha value is -0.610. The van der Waals surface area contributed by atoms with Crippen LogP contribution in [0.4, 0.5) is 0 Å². The molecule has 68 valence electrons. The van der Waals surface area contributed by atoms with Gasteiger partial charge in [0.15, 0.2) is 0 Å². The van der Waals surface area contributed by atoms with Gasteiger partial charge in [-0.3, -0.25) is 4.79 Å². The van der Waals surface area contributed by atoms with E-state index in [0.29, 0.717) is 26.2 Å². The smallest absolute Gasteiger partial charge is 0.228 e. The number of carbonyl (C=O) groups excluding carboxylic acids is 1. The Bertz CT molecular complexity index is 198. The molecule has 2 atom stereocenters. The molecule has 4 nitrogen and oxygen atoms in total. The zero-order chi connectivity index (χ0) is 8.60. The van der Waals surface area contributed by atoms with Gasteiger partial charge in [0.25, 0.3) is 0 Å². The molecule has 2 saturated heterocycles. The Morgan fingerprint density at radius 3 is 3.17 bits per heavy atom. The summed E-state index contributed by atoms with van der Waals surface area (Å²) in [5.74, 6) is 0.0466. The van der Waals surface area contributed by atoms with E-state index in [1.54, 1.807) is 0 Å². The normalized spacial score (nSPS) is 41.8. The molecule has 0 bridgehead atoms. The highest BCUT2D eigenvalue weighted by Gasteiger charge is 2.46. The van der Waals surface area contributed by atoms with Crippen molar-refractivity contribution in [2.75, 3.05) is 19.8 Å². The molecule has 0 unspecified atom stereocenters. The van der Waals surface area contributed by atoms with E-state index < -0.39 is 11.5 Å². The second-order valence-electron chi connectivity index (χ2n) is 3.65. The lowest BCUT2D eigenvalue weighted by Crippen LogP contribution is -2.52. The van der Waals surface area contributed by atoms with Gasteiger partial charge in [-0.05, 0) is 12.8 Å². The van der Waals surface area contributed by atoms with Crippen molar-refractivity contribution in [1.29, 1.82) is 0 Å². The van der Waals surface area contributed by atoms with Crippen LogP contribution in [0.5, 0.6) is 0 Å². The van der Waals surface area contributed by atoms with Crippen LogP contribution in [0.3, 0.4) is 0 Å². The van der Waals surface area contributed by atoms with E-state index in [-0.39, 0.29) is 5.91 Å². The molecule has 2 rings (SSSR count). The summed E-state index contributed by atoms with van der Waals surface area (Å²) in [5.41, 5.74) is -0.419. The Balaban J connectivity index is 2.14. The maximum Gasteiger partial charge on any atom is 0.228 e. The lowest BCUT2D eigenvalue weighted by molar-refractivity contribution is -0.137. The van der Waals surface area contributed by atoms with Crippen LogP contribution in [0.2, 0.25) is 0 Å². The van der Waals surface area contributed by atoms with Crippen LogP contribution >= 0.6 is 0 Å². The van der Waals surface area contributed by atoms with Crippen molar-refractivity contribution in [3.05, 3.63) is 0 Å². The number of β-amino-alcohol motifs (C(OH)–C–C–N with tert-alkyl or cyclic N) is 1. The molecular formula is C8H13NO3. The second kappa shape index (κ2) is 2.71. The summed E-state index contributed by atoms with van der Waals surface area (Å²) >= 11 is 0. The minimum atomic E-state index is -0.419. The van der Waals surface area contributed by atoms with E-state index in [2.05, 4.69) is 5.32 Å². The van der Waals surface area contributed by atoms with Gasteiger partial charge < -0.3 is 15.2 Å². The van der Waals surface area contributed by atoms with Crippen molar-refractivity contribution in [3.8, 4) is 0 Å². The molecule has 4 heteroatoms. The van der Waals surface area contributed by atoms with Gasteiger partial charge in [0.1, 0.15) is 0 Å². The van der Waals surface area contributed by atoms with Crippen molar-refractivity contribution in [2.24, 2.45) is 5.41 Å². The van der Waals surface area contributed by atoms with Crippen LogP contribution in [-0.4, -0.2) is 36.9 Å². The predicted octanol–water partition coefficient (Wildman–Crippen LogP) is -0.726. The molecule has 12 heavy (non-hydrogen) atoms. The van der Waals surface area contributed by atoms with Crippen LogP contribution in [0, 0.1) is 5.41 Å². The predicted molar refractivity (Wildman–Crippen MR) is 41.5 cm³/mol. The molecule has 2 aliphatic heterocycles. The molecule has 0 aromatic rings. The van der Waals surface area contributed by atoms with Crippen molar-refractivity contribution in [1.82, 2.24) is 5.32 Å². The fourth-order valence-electron chi connectivity index (χ4n) is 1.96. The number of aliphatic hydroxyl groups excluding tert-OH is 1. The monoisotopic (exact) mass is 171 g/mol. The van der Waals surface area contributed by atoms with Crippen molar-refractivity contribution in [2.45, 2.75) is 18.9 Å². The van der Waals surface area contributed by atoms with Gasteiger partial charge >= 0.3 is 0 Å². The van der Waals surface area contributed by atoms with Gasteiger partial charge in [-0.2, -0.15) is 0 Å². The topological polar surface area (TPSA) is 58.6 Å². The number of hydrogen-bond donors (Lipinski definition) is 2. The van der Waals surface area contributed by atoms with Gasteiger partial charge in [-0.25, -0.2) is 0 Å². The SMILES string of the molecule is O=C1NC[C@@H](O)C[C@]12CCOC2. The third-order valence-electron chi connectivity index (χ3n) is 2.71. The highest BCUT2D eigenvalue weighted by atomic mass is 16.5. The molecule has 2 aliphatic rings. The lowest BCUT2D eigenvalue weighted by atomic mass is 9.78. The zero-order valence-corrected chi connectivity index (χ0v) is 6.88. The summed E-state index contributed by atoms with van der Waals surface area (Å²) in [5, 5.41) is 12.1. The van der Waals surface area contributed by atoms with Gasteiger partial charge in [-0.15, -0.1) is 0 Å². The minimum absolute atomic E-state index is 0.0466. The van der Waals surface area contributed by atoms with Crippen molar-refractivity contribution >= 4 is 5.91 Å². The molecule has 1 spiro atoms. The van der Waals surface area contributed by atoms with E-state index in [1.807, 2.05) is 0 Å². The molecule has 0 aliphatic carbocycles. The van der Waals surface area contributed by atoms with E-state index in [9.17, 15) is 9.90 Å². The third-order valence-corrected chi connectivity index (χ3v) is 2.71. The van der Waals surface area contributed by atoms with Gasteiger partial charge in [0.05, 0.1) is 18.1 Å². The lowest BCUT2D eigenvalue weighted by Gasteiger charge is -2.33. The number of amides is 1. The van der Waals surface area contributed by atoms with Crippen LogP contribution in [0.1, 0.15) is 12.8 Å². The van der Waals surface area contributed by atoms with Crippen molar-refractivity contribution in [3.63, 3.8) is 0 Å². The fraction of sp³-hybridized carbons (Fsp3) is 0.875. The van der Waals surface area contributed by atoms with Gasteiger partial charge in [-0.1, -0.05) is 0 Å². The third kappa shape index (κ3) is 1.11. The largest absolute Gasteiger partial charge is 0.391 e. The first-order chi connectivity index (χ1) is 5.73. The molecule has 2 N–H and O–H groups in total. The van der Waals surface area contributed by atoms with Crippen LogP contribution in [0.25, 0.3) is 0 Å². The van der Waals surface area contributed by atoms with Crippen LogP contribution < -0.4 is 5.32 Å². The van der Waals surface area contributed by atoms with E-state index in [1.165, 1.54) is 0 Å². The van der Waals surface area contributed by atoms with Gasteiger partial charge in [0.2, 0.25) is 5.91 Å². The first-order valence-corrected chi connectivity index (χ1v) is 4.27. The van der Waals surface area contributed by atoms with Crippen molar-refractivity contribution < 1.29 is 14.6 Å². The summed E-state index contributed by atoms with van der Waals surface area (Å²) in [6.45, 7) is 1.50. The van der Waals surface area contributed by atoms with Gasteiger partial charge in [0, 0.05) is 13.2 Å². The number of hydrogen-bond acceptors (Lipinski definition) is 3.